The van der Waals surface area contributed by atoms with E-state index >= 15 is 0 Å². The molecule has 0 aliphatic heterocycles. The molecular weight excluding hydrogens is 224 g/mol. The molecule has 2 fully saturated rings. The second-order valence-electron chi connectivity index (χ2n) is 6.07. The quantitative estimate of drug-likeness (QED) is 0.429. The Morgan fingerprint density at radius 2 is 2.28 bits per heavy atom. The van der Waals surface area contributed by atoms with Crippen molar-refractivity contribution in [1.82, 2.24) is 0 Å². The molecule has 2 heteroatoms. The van der Waals surface area contributed by atoms with Crippen molar-refractivity contribution in [3.63, 3.8) is 0 Å². The van der Waals surface area contributed by atoms with Crippen LogP contribution in [0.4, 0.5) is 0 Å². The first-order valence-corrected chi connectivity index (χ1v) is 6.93. The molecule has 2 saturated carbocycles. The van der Waals surface area contributed by atoms with Crippen LogP contribution in [0.2, 0.25) is 0 Å². The fourth-order valence-electron chi connectivity index (χ4n) is 3.80. The number of ether oxygens (including phenoxy) is 1. The van der Waals surface area contributed by atoms with Gasteiger partial charge in [-0.2, -0.15) is 0 Å². The summed E-state index contributed by atoms with van der Waals surface area (Å²) in [6.07, 6.45) is 8.11. The Hall–Kier alpha value is -1.05. The SMILES string of the molecule is C=C1[C@H]2CC[C@H](C2)[C@@]1(C)CC/C=C(/C)C(=O)OC. The zero-order valence-electron chi connectivity index (χ0n) is 11.8. The Morgan fingerprint density at radius 1 is 1.56 bits per heavy atom. The van der Waals surface area contributed by atoms with Gasteiger partial charge in [0, 0.05) is 5.57 Å². The van der Waals surface area contributed by atoms with Crippen molar-refractivity contribution in [1.29, 1.82) is 0 Å². The number of carbonyl (C=O) groups is 1. The molecule has 18 heavy (non-hydrogen) atoms. The van der Waals surface area contributed by atoms with Gasteiger partial charge in [-0.3, -0.25) is 0 Å². The molecule has 0 N–H and O–H groups in total. The average molecular weight is 248 g/mol. The molecule has 2 bridgehead atoms. The molecule has 0 aromatic carbocycles. The maximum Gasteiger partial charge on any atom is 0.333 e. The zero-order valence-corrected chi connectivity index (χ0v) is 11.8. The van der Waals surface area contributed by atoms with Gasteiger partial charge in [0.2, 0.25) is 0 Å². The molecule has 0 aromatic heterocycles. The Balaban J connectivity index is 1.95. The molecule has 2 rings (SSSR count). The highest BCUT2D eigenvalue weighted by Gasteiger charge is 2.49. The highest BCUT2D eigenvalue weighted by Crippen LogP contribution is 2.60. The van der Waals surface area contributed by atoms with E-state index in [2.05, 4.69) is 13.5 Å². The molecule has 2 aliphatic carbocycles. The average Bonchev–Trinajstić information content (AvgIpc) is 2.92. The van der Waals surface area contributed by atoms with Gasteiger partial charge >= 0.3 is 5.97 Å². The zero-order chi connectivity index (χ0) is 13.3. The topological polar surface area (TPSA) is 26.3 Å². The summed E-state index contributed by atoms with van der Waals surface area (Å²) in [5.74, 6) is 1.37. The molecule has 0 heterocycles. The van der Waals surface area contributed by atoms with Gasteiger partial charge in [-0.05, 0) is 56.3 Å². The van der Waals surface area contributed by atoms with Crippen molar-refractivity contribution >= 4 is 5.97 Å². The van der Waals surface area contributed by atoms with Gasteiger partial charge < -0.3 is 4.74 Å². The van der Waals surface area contributed by atoms with E-state index in [4.69, 9.17) is 4.74 Å². The summed E-state index contributed by atoms with van der Waals surface area (Å²) < 4.78 is 4.71. The third-order valence-electron chi connectivity index (χ3n) is 5.18. The summed E-state index contributed by atoms with van der Waals surface area (Å²) >= 11 is 0. The van der Waals surface area contributed by atoms with Crippen LogP contribution in [0.5, 0.6) is 0 Å². The largest absolute Gasteiger partial charge is 0.466 e. The lowest BCUT2D eigenvalue weighted by atomic mass is 9.69. The van der Waals surface area contributed by atoms with E-state index in [0.29, 0.717) is 5.41 Å². The van der Waals surface area contributed by atoms with Crippen molar-refractivity contribution in [2.24, 2.45) is 17.3 Å². The molecule has 100 valence electrons. The van der Waals surface area contributed by atoms with Gasteiger partial charge in [0.05, 0.1) is 7.11 Å². The van der Waals surface area contributed by atoms with E-state index in [1.165, 1.54) is 31.9 Å². The number of hydrogen-bond acceptors (Lipinski definition) is 2. The van der Waals surface area contributed by atoms with Crippen LogP contribution in [0, 0.1) is 17.3 Å². The lowest BCUT2D eigenvalue weighted by Crippen LogP contribution is -2.26. The highest BCUT2D eigenvalue weighted by atomic mass is 16.5. The van der Waals surface area contributed by atoms with Crippen molar-refractivity contribution in [3.8, 4) is 0 Å². The molecule has 0 spiro atoms. The highest BCUT2D eigenvalue weighted by molar-refractivity contribution is 5.87. The molecule has 2 aliphatic rings. The molecule has 0 unspecified atom stereocenters. The van der Waals surface area contributed by atoms with Gasteiger partial charge in [0.15, 0.2) is 0 Å². The molecular formula is C16H24O2. The number of esters is 1. The normalized spacial score (nSPS) is 35.1. The fourth-order valence-corrected chi connectivity index (χ4v) is 3.80. The predicted molar refractivity (Wildman–Crippen MR) is 73.1 cm³/mol. The Labute approximate surface area is 110 Å². The van der Waals surface area contributed by atoms with Gasteiger partial charge in [0.25, 0.3) is 0 Å². The van der Waals surface area contributed by atoms with Crippen molar-refractivity contribution in [3.05, 3.63) is 23.8 Å². The number of allylic oxidation sites excluding steroid dienone is 2. The van der Waals surface area contributed by atoms with Crippen LogP contribution in [0.15, 0.2) is 23.8 Å². The smallest absolute Gasteiger partial charge is 0.333 e. The summed E-state index contributed by atoms with van der Waals surface area (Å²) in [6.45, 7) is 8.51. The molecule has 2 nitrogen and oxygen atoms in total. The van der Waals surface area contributed by atoms with E-state index in [9.17, 15) is 4.79 Å². The van der Waals surface area contributed by atoms with Crippen LogP contribution in [-0.2, 0) is 9.53 Å². The number of fused-ring (bicyclic) bond motifs is 2. The van der Waals surface area contributed by atoms with E-state index in [1.54, 1.807) is 0 Å². The lowest BCUT2D eigenvalue weighted by Gasteiger charge is -2.36. The van der Waals surface area contributed by atoms with Crippen LogP contribution in [0.1, 0.15) is 46.0 Å². The summed E-state index contributed by atoms with van der Waals surface area (Å²) in [6, 6.07) is 0. The minimum Gasteiger partial charge on any atom is -0.466 e. The first-order chi connectivity index (χ1) is 8.49. The Morgan fingerprint density at radius 3 is 2.83 bits per heavy atom. The summed E-state index contributed by atoms with van der Waals surface area (Å²) in [5.41, 5.74) is 2.48. The number of hydrogen-bond donors (Lipinski definition) is 0. The summed E-state index contributed by atoms with van der Waals surface area (Å²) in [5, 5.41) is 0. The van der Waals surface area contributed by atoms with Crippen molar-refractivity contribution in [2.75, 3.05) is 7.11 Å². The summed E-state index contributed by atoms with van der Waals surface area (Å²) in [7, 11) is 1.43. The van der Waals surface area contributed by atoms with Gasteiger partial charge in [-0.1, -0.05) is 25.2 Å². The number of carbonyl (C=O) groups excluding carboxylic acids is 1. The number of rotatable bonds is 4. The summed E-state index contributed by atoms with van der Waals surface area (Å²) in [4.78, 5) is 11.3. The van der Waals surface area contributed by atoms with E-state index in [0.717, 1.165) is 30.3 Å². The molecule has 0 saturated heterocycles. The molecule has 0 amide bonds. The second kappa shape index (κ2) is 4.91. The first kappa shape index (κ1) is 13.4. The fraction of sp³-hybridized carbons (Fsp3) is 0.688. The maximum atomic E-state index is 11.3. The lowest BCUT2D eigenvalue weighted by molar-refractivity contribution is -0.136. The van der Waals surface area contributed by atoms with Crippen molar-refractivity contribution < 1.29 is 9.53 Å². The molecule has 0 radical (unpaired) electrons. The second-order valence-corrected chi connectivity index (χ2v) is 6.07. The van der Waals surface area contributed by atoms with E-state index in [-0.39, 0.29) is 5.97 Å². The van der Waals surface area contributed by atoms with Gasteiger partial charge in [-0.15, -0.1) is 0 Å². The number of methoxy groups -OCH3 is 1. The van der Waals surface area contributed by atoms with Gasteiger partial charge in [0.1, 0.15) is 0 Å². The van der Waals surface area contributed by atoms with Crippen LogP contribution >= 0.6 is 0 Å². The minimum atomic E-state index is -0.216. The monoisotopic (exact) mass is 248 g/mol. The van der Waals surface area contributed by atoms with Crippen molar-refractivity contribution in [2.45, 2.75) is 46.0 Å². The third kappa shape index (κ3) is 2.13. The first-order valence-electron chi connectivity index (χ1n) is 6.93. The Bertz CT molecular complexity index is 394. The maximum absolute atomic E-state index is 11.3. The molecule has 0 aromatic rings. The molecule has 3 atom stereocenters. The van der Waals surface area contributed by atoms with Crippen LogP contribution in [0.25, 0.3) is 0 Å². The third-order valence-corrected chi connectivity index (χ3v) is 5.18. The van der Waals surface area contributed by atoms with Crippen LogP contribution in [0.3, 0.4) is 0 Å². The predicted octanol–water partition coefficient (Wildman–Crippen LogP) is 3.88. The van der Waals surface area contributed by atoms with Crippen LogP contribution < -0.4 is 0 Å². The van der Waals surface area contributed by atoms with E-state index < -0.39 is 0 Å². The Kier molecular flexibility index (Phi) is 3.65. The van der Waals surface area contributed by atoms with E-state index in [1.807, 2.05) is 13.0 Å². The van der Waals surface area contributed by atoms with Gasteiger partial charge in [-0.25, -0.2) is 4.79 Å². The minimum absolute atomic E-state index is 0.216. The standard InChI is InChI=1S/C16H24O2/c1-11(15(17)18-4)6-5-9-16(3)12(2)13-7-8-14(16)10-13/h6,13-14H,2,5,7-10H2,1,3-4H3/b11-6-/t13-,14+,16-/m0/s1. The van der Waals surface area contributed by atoms with Crippen LogP contribution in [-0.4, -0.2) is 13.1 Å².